The van der Waals surface area contributed by atoms with Crippen molar-refractivity contribution in [3.8, 4) is 17.6 Å². The van der Waals surface area contributed by atoms with Gasteiger partial charge >= 0.3 is 18.3 Å². The summed E-state index contributed by atoms with van der Waals surface area (Å²) < 4.78 is 97.3. The van der Waals surface area contributed by atoms with Crippen LogP contribution in [0.3, 0.4) is 0 Å². The molecule has 0 saturated heterocycles. The van der Waals surface area contributed by atoms with Crippen LogP contribution in [0.15, 0.2) is 58.3 Å². The number of hydrogen-bond acceptors (Lipinski definition) is 5. The summed E-state index contributed by atoms with van der Waals surface area (Å²) in [6.45, 7) is 0.298. The molecule has 6 nitrogen and oxygen atoms in total. The van der Waals surface area contributed by atoms with Crippen LogP contribution in [0.1, 0.15) is 25.8 Å². The smallest absolute Gasteiger partial charge is 0.422 e. The average Bonchev–Trinajstić information content (AvgIpc) is 2.85. The molecule has 1 aliphatic rings. The van der Waals surface area contributed by atoms with E-state index in [0.29, 0.717) is 21.4 Å². The Labute approximate surface area is 235 Å². The molecule has 1 aromatic carbocycles. The average molecular weight is 641 g/mol. The van der Waals surface area contributed by atoms with Gasteiger partial charge in [0.05, 0.1) is 4.47 Å². The summed E-state index contributed by atoms with van der Waals surface area (Å²) in [5.74, 6) is 4.42. The summed E-state index contributed by atoms with van der Waals surface area (Å²) in [6, 6.07) is 5.03. The van der Waals surface area contributed by atoms with Crippen LogP contribution in [0.4, 0.5) is 26.3 Å². The Balaban J connectivity index is 2.09. The lowest BCUT2D eigenvalue weighted by molar-refractivity contribution is -0.191. The first kappa shape index (κ1) is 33.3. The molecule has 1 aliphatic carbocycles. The molecule has 0 radical (unpaired) electrons. The van der Waals surface area contributed by atoms with E-state index >= 15 is 0 Å². The molecule has 0 bridgehead atoms. The molecule has 0 spiro atoms. The summed E-state index contributed by atoms with van der Waals surface area (Å²) in [6.07, 6.45) is -5.36. The van der Waals surface area contributed by atoms with Crippen LogP contribution in [-0.4, -0.2) is 61.6 Å². The van der Waals surface area contributed by atoms with Crippen molar-refractivity contribution in [3.63, 3.8) is 0 Å². The number of ether oxygens (including phenoxy) is 4. The van der Waals surface area contributed by atoms with Crippen LogP contribution in [0, 0.1) is 11.8 Å². The van der Waals surface area contributed by atoms with Gasteiger partial charge in [-0.05, 0) is 71.3 Å². The van der Waals surface area contributed by atoms with Crippen LogP contribution < -0.4 is 4.74 Å². The van der Waals surface area contributed by atoms with Crippen LogP contribution >= 0.6 is 15.9 Å². The molecule has 2 atom stereocenters. The molecule has 0 fully saturated rings. The molecule has 0 amide bonds. The van der Waals surface area contributed by atoms with Gasteiger partial charge in [0.2, 0.25) is 0 Å². The fourth-order valence-electron chi connectivity index (χ4n) is 3.33. The van der Waals surface area contributed by atoms with E-state index in [4.69, 9.17) is 18.9 Å². The van der Waals surface area contributed by atoms with Crippen molar-refractivity contribution in [3.05, 3.63) is 63.9 Å². The van der Waals surface area contributed by atoms with E-state index in [9.17, 15) is 36.2 Å². The molecule has 0 saturated carbocycles. The maximum Gasteiger partial charge on any atom is 0.422 e. The Morgan fingerprint density at radius 1 is 1.18 bits per heavy atom. The van der Waals surface area contributed by atoms with E-state index < -0.39 is 49.7 Å². The lowest BCUT2D eigenvalue weighted by atomic mass is 9.93. The quantitative estimate of drug-likeness (QED) is 0.206. The standard InChI is InChI=1S/C27H27BrF6O6/c1-3-37-23(24(35)36)14-19-6-7-22(21(28)13-19)38-12-9-18(2)8-11-25(40-17-27(32,33)34)10-4-5-20(15-25)39-16-26(29,30)31/h4-7,9-10,13,23H,3,12,14-17H2,1-2H3,(H,35,36)/t23-,25?/m0/s1. The molecule has 0 aliphatic heterocycles. The number of carboxylic acid groups (broad SMARTS) is 1. The molecule has 0 heterocycles. The minimum atomic E-state index is -4.68. The number of allylic oxidation sites excluding steroid dienone is 3. The number of aliphatic carboxylic acids is 1. The second-order valence-electron chi connectivity index (χ2n) is 8.57. The number of carboxylic acids is 1. The fraction of sp³-hybridized carbons (Fsp3) is 0.444. The monoisotopic (exact) mass is 640 g/mol. The summed E-state index contributed by atoms with van der Waals surface area (Å²) in [5, 5.41) is 9.24. The van der Waals surface area contributed by atoms with Crippen LogP contribution in [0.2, 0.25) is 0 Å². The highest BCUT2D eigenvalue weighted by Crippen LogP contribution is 2.31. The Morgan fingerprint density at radius 3 is 2.48 bits per heavy atom. The lowest BCUT2D eigenvalue weighted by Crippen LogP contribution is -2.35. The number of halogens is 7. The Kier molecular flexibility index (Phi) is 12.2. The van der Waals surface area contributed by atoms with Gasteiger partial charge in [-0.2, -0.15) is 26.3 Å². The number of alkyl halides is 6. The van der Waals surface area contributed by atoms with Gasteiger partial charge in [0.1, 0.15) is 24.7 Å². The van der Waals surface area contributed by atoms with Crippen molar-refractivity contribution < 1.29 is 55.2 Å². The highest BCUT2D eigenvalue weighted by Gasteiger charge is 2.38. The van der Waals surface area contributed by atoms with Gasteiger partial charge in [0, 0.05) is 19.4 Å². The zero-order valence-electron chi connectivity index (χ0n) is 21.5. The summed E-state index contributed by atoms with van der Waals surface area (Å²) in [5.41, 5.74) is -0.741. The van der Waals surface area contributed by atoms with E-state index in [2.05, 4.69) is 27.8 Å². The van der Waals surface area contributed by atoms with Crippen LogP contribution in [0.5, 0.6) is 5.75 Å². The predicted molar refractivity (Wildman–Crippen MR) is 137 cm³/mol. The lowest BCUT2D eigenvalue weighted by Gasteiger charge is -2.29. The van der Waals surface area contributed by atoms with Gasteiger partial charge in [0.25, 0.3) is 0 Å². The van der Waals surface area contributed by atoms with E-state index in [1.165, 1.54) is 18.2 Å². The second kappa shape index (κ2) is 14.6. The Hall–Kier alpha value is -2.95. The fourth-order valence-corrected chi connectivity index (χ4v) is 3.87. The molecular weight excluding hydrogens is 614 g/mol. The van der Waals surface area contributed by atoms with E-state index in [1.54, 1.807) is 38.1 Å². The van der Waals surface area contributed by atoms with Crippen molar-refractivity contribution in [1.82, 2.24) is 0 Å². The van der Waals surface area contributed by atoms with Gasteiger partial charge < -0.3 is 24.1 Å². The van der Waals surface area contributed by atoms with Crippen molar-refractivity contribution in [2.75, 3.05) is 26.4 Å². The maximum atomic E-state index is 12.8. The first-order valence-corrected chi connectivity index (χ1v) is 12.6. The van der Waals surface area contributed by atoms with Crippen molar-refractivity contribution >= 4 is 21.9 Å². The van der Waals surface area contributed by atoms with Gasteiger partial charge in [-0.1, -0.05) is 24.0 Å². The van der Waals surface area contributed by atoms with E-state index in [0.717, 1.165) is 0 Å². The maximum absolute atomic E-state index is 12.8. The molecule has 40 heavy (non-hydrogen) atoms. The minimum Gasteiger partial charge on any atom is -0.488 e. The molecular formula is C27H27BrF6O6. The Morgan fingerprint density at radius 2 is 1.88 bits per heavy atom. The van der Waals surface area contributed by atoms with Crippen molar-refractivity contribution in [1.29, 1.82) is 0 Å². The second-order valence-corrected chi connectivity index (χ2v) is 9.42. The SMILES string of the molecule is CCO[C@@H](Cc1ccc(OCC=C(C)C#CC2(OCC(F)(F)F)C=CC=C(OCC(F)(F)F)C2)c(Br)c1)C(=O)O. The zero-order valence-corrected chi connectivity index (χ0v) is 23.1. The summed E-state index contributed by atoms with van der Waals surface area (Å²) >= 11 is 3.37. The molecule has 0 aromatic heterocycles. The first-order valence-electron chi connectivity index (χ1n) is 11.9. The number of rotatable bonds is 12. The third-order valence-electron chi connectivity index (χ3n) is 5.16. The van der Waals surface area contributed by atoms with E-state index in [1.807, 2.05) is 0 Å². The molecule has 2 rings (SSSR count). The highest BCUT2D eigenvalue weighted by atomic mass is 79.9. The summed E-state index contributed by atoms with van der Waals surface area (Å²) in [7, 11) is 0. The third-order valence-corrected chi connectivity index (χ3v) is 5.78. The number of benzene rings is 1. The summed E-state index contributed by atoms with van der Waals surface area (Å²) in [4.78, 5) is 11.3. The Bertz CT molecular complexity index is 1180. The minimum absolute atomic E-state index is 0.0290. The normalized spacial score (nSPS) is 18.4. The molecule has 1 aromatic rings. The number of hydrogen-bond donors (Lipinski definition) is 1. The van der Waals surface area contributed by atoms with Crippen molar-refractivity contribution in [2.24, 2.45) is 0 Å². The predicted octanol–water partition coefficient (Wildman–Crippen LogP) is 6.55. The van der Waals surface area contributed by atoms with E-state index in [-0.39, 0.29) is 25.4 Å². The molecule has 1 unspecified atom stereocenters. The van der Waals surface area contributed by atoms with Crippen LogP contribution in [0.25, 0.3) is 0 Å². The topological polar surface area (TPSA) is 74.2 Å². The molecule has 13 heteroatoms. The van der Waals surface area contributed by atoms with Crippen molar-refractivity contribution in [2.45, 2.75) is 50.7 Å². The largest absolute Gasteiger partial charge is 0.488 e. The van der Waals surface area contributed by atoms with Gasteiger partial charge in [0.15, 0.2) is 18.3 Å². The third kappa shape index (κ3) is 12.1. The molecule has 220 valence electrons. The van der Waals surface area contributed by atoms with Crippen LogP contribution in [-0.2, 0) is 25.4 Å². The van der Waals surface area contributed by atoms with Gasteiger partial charge in [-0.15, -0.1) is 0 Å². The van der Waals surface area contributed by atoms with Gasteiger partial charge in [-0.3, -0.25) is 0 Å². The number of carbonyl (C=O) groups is 1. The highest BCUT2D eigenvalue weighted by molar-refractivity contribution is 9.10. The zero-order chi connectivity index (χ0) is 30.0. The first-order chi connectivity index (χ1) is 18.6. The van der Waals surface area contributed by atoms with Gasteiger partial charge in [-0.25, -0.2) is 4.79 Å². The molecule has 1 N–H and O–H groups in total.